The molecule has 2 heterocycles. The third-order valence-corrected chi connectivity index (χ3v) is 4.22. The summed E-state index contributed by atoms with van der Waals surface area (Å²) in [5, 5.41) is 10.4. The van der Waals surface area contributed by atoms with Gasteiger partial charge in [0.2, 0.25) is 5.95 Å². The lowest BCUT2D eigenvalue weighted by molar-refractivity contribution is -0.119. The maximum Gasteiger partial charge on any atom is 0.282 e. The van der Waals surface area contributed by atoms with E-state index in [1.165, 1.54) is 17.9 Å². The summed E-state index contributed by atoms with van der Waals surface area (Å²) in [5.41, 5.74) is -0.752. The summed E-state index contributed by atoms with van der Waals surface area (Å²) >= 11 is 5.92. The van der Waals surface area contributed by atoms with Crippen molar-refractivity contribution in [2.75, 3.05) is 5.32 Å². The number of halogens is 5. The van der Waals surface area contributed by atoms with Crippen LogP contribution in [-0.4, -0.2) is 30.5 Å². The number of nitrogens with zero attached hydrogens (tertiary/aromatic N) is 5. The molecule has 2 aromatic heterocycles. The molecule has 0 saturated heterocycles. The molecular weight excluding hydrogens is 416 g/mol. The third-order valence-electron chi connectivity index (χ3n) is 3.98. The van der Waals surface area contributed by atoms with Gasteiger partial charge >= 0.3 is 0 Å². The van der Waals surface area contributed by atoms with Gasteiger partial charge in [-0.25, -0.2) is 27.2 Å². The number of benzene rings is 1. The van der Waals surface area contributed by atoms with E-state index in [1.807, 2.05) is 6.07 Å². The Morgan fingerprint density at radius 3 is 2.59 bits per heavy atom. The Bertz CT molecular complexity index is 1010. The zero-order chi connectivity index (χ0) is 21.1. The number of rotatable bonds is 7. The topological polar surface area (TPSA) is 77.6 Å². The predicted octanol–water partition coefficient (Wildman–Crippen LogP) is 4.25. The minimum absolute atomic E-state index is 0.0660. The number of nitrogens with one attached hydrogen (secondary N) is 1. The molecule has 1 atom stereocenters. The molecule has 0 fully saturated rings. The standard InChI is InChI=1S/C17H15ClF4N6O/c1-9(28-13(15(21)22)6-12(25-28)14(19)20)16(29)24-17-23-8-27(26-17)7-10-3-2-4-11(18)5-10/h2-6,8-9,14-15H,7H2,1H3,(H,24,26,29). The largest absolute Gasteiger partial charge is 0.291 e. The van der Waals surface area contributed by atoms with E-state index < -0.39 is 36.2 Å². The van der Waals surface area contributed by atoms with Crippen molar-refractivity contribution in [1.29, 1.82) is 0 Å². The van der Waals surface area contributed by atoms with E-state index in [-0.39, 0.29) is 5.95 Å². The van der Waals surface area contributed by atoms with Gasteiger partial charge in [0.25, 0.3) is 18.8 Å². The lowest BCUT2D eigenvalue weighted by Gasteiger charge is -2.14. The van der Waals surface area contributed by atoms with Crippen LogP contribution >= 0.6 is 11.6 Å². The van der Waals surface area contributed by atoms with Crippen molar-refractivity contribution in [3.8, 4) is 0 Å². The maximum absolute atomic E-state index is 13.1. The summed E-state index contributed by atoms with van der Waals surface area (Å²) in [4.78, 5) is 16.3. The second-order valence-corrected chi connectivity index (χ2v) is 6.54. The summed E-state index contributed by atoms with van der Waals surface area (Å²) in [6.45, 7) is 1.60. The van der Waals surface area contributed by atoms with Crippen molar-refractivity contribution in [2.45, 2.75) is 32.4 Å². The van der Waals surface area contributed by atoms with Crippen LogP contribution < -0.4 is 5.32 Å². The van der Waals surface area contributed by atoms with Gasteiger partial charge in [-0.1, -0.05) is 23.7 Å². The number of carbonyl (C=O) groups is 1. The normalized spacial score (nSPS) is 12.6. The van der Waals surface area contributed by atoms with Crippen molar-refractivity contribution < 1.29 is 22.4 Å². The first-order chi connectivity index (χ1) is 13.7. The number of carbonyl (C=O) groups excluding carboxylic acids is 1. The fraction of sp³-hybridized carbons (Fsp3) is 0.294. The van der Waals surface area contributed by atoms with E-state index in [1.54, 1.807) is 18.2 Å². The molecular formula is C17H15ClF4N6O. The highest BCUT2D eigenvalue weighted by Crippen LogP contribution is 2.27. The molecule has 1 unspecified atom stereocenters. The Kier molecular flexibility index (Phi) is 6.16. The van der Waals surface area contributed by atoms with Crippen molar-refractivity contribution in [3.05, 3.63) is 58.6 Å². The lowest BCUT2D eigenvalue weighted by atomic mass is 10.2. The average Bonchev–Trinajstić information content (AvgIpc) is 3.28. The molecule has 0 aliphatic carbocycles. The van der Waals surface area contributed by atoms with E-state index in [9.17, 15) is 22.4 Å². The number of aromatic nitrogens is 5. The molecule has 3 aromatic rings. The Morgan fingerprint density at radius 2 is 1.93 bits per heavy atom. The third kappa shape index (κ3) is 4.91. The van der Waals surface area contributed by atoms with E-state index in [4.69, 9.17) is 11.6 Å². The highest BCUT2D eigenvalue weighted by Gasteiger charge is 2.27. The second-order valence-electron chi connectivity index (χ2n) is 6.10. The van der Waals surface area contributed by atoms with Crippen LogP contribution in [0.1, 0.15) is 42.8 Å². The van der Waals surface area contributed by atoms with Crippen LogP contribution in [-0.2, 0) is 11.3 Å². The molecule has 1 aromatic carbocycles. The lowest BCUT2D eigenvalue weighted by Crippen LogP contribution is -2.26. The Hall–Kier alpha value is -2.95. The summed E-state index contributed by atoms with van der Waals surface area (Å²) < 4.78 is 53.8. The molecule has 29 heavy (non-hydrogen) atoms. The van der Waals surface area contributed by atoms with E-state index >= 15 is 0 Å². The number of hydrogen-bond acceptors (Lipinski definition) is 4. The molecule has 0 bridgehead atoms. The maximum atomic E-state index is 13.1. The number of amides is 1. The molecule has 1 N–H and O–H groups in total. The first kappa shape index (κ1) is 20.8. The van der Waals surface area contributed by atoms with E-state index in [2.05, 4.69) is 20.5 Å². The molecule has 7 nitrogen and oxygen atoms in total. The molecule has 0 radical (unpaired) electrons. The van der Waals surface area contributed by atoms with Crippen molar-refractivity contribution in [1.82, 2.24) is 24.5 Å². The quantitative estimate of drug-likeness (QED) is 0.568. The van der Waals surface area contributed by atoms with Gasteiger partial charge in [0.05, 0.1) is 6.54 Å². The number of anilines is 1. The summed E-state index contributed by atoms with van der Waals surface area (Å²) in [7, 11) is 0. The summed E-state index contributed by atoms with van der Waals surface area (Å²) in [5.74, 6) is -0.847. The molecule has 154 valence electrons. The Morgan fingerprint density at radius 1 is 1.17 bits per heavy atom. The fourth-order valence-electron chi connectivity index (χ4n) is 2.58. The Labute approximate surface area is 167 Å². The molecule has 0 saturated carbocycles. The van der Waals surface area contributed by atoms with Crippen molar-refractivity contribution in [2.24, 2.45) is 0 Å². The predicted molar refractivity (Wildman–Crippen MR) is 96.1 cm³/mol. The molecule has 12 heteroatoms. The van der Waals surface area contributed by atoms with Crippen LogP contribution in [0.2, 0.25) is 5.02 Å². The smallest absolute Gasteiger partial charge is 0.282 e. The van der Waals surface area contributed by atoms with Gasteiger partial charge < -0.3 is 0 Å². The van der Waals surface area contributed by atoms with Crippen molar-refractivity contribution >= 4 is 23.5 Å². The zero-order valence-electron chi connectivity index (χ0n) is 14.9. The number of hydrogen-bond donors (Lipinski definition) is 1. The minimum Gasteiger partial charge on any atom is -0.291 e. The molecule has 0 aliphatic heterocycles. The molecule has 0 aliphatic rings. The number of alkyl halides is 4. The van der Waals surface area contributed by atoms with E-state index in [0.29, 0.717) is 22.3 Å². The van der Waals surface area contributed by atoms with Gasteiger partial charge in [-0.2, -0.15) is 5.10 Å². The van der Waals surface area contributed by atoms with Gasteiger partial charge in [0.1, 0.15) is 23.8 Å². The zero-order valence-corrected chi connectivity index (χ0v) is 15.7. The highest BCUT2D eigenvalue weighted by atomic mass is 35.5. The minimum atomic E-state index is -3.07. The summed E-state index contributed by atoms with van der Waals surface area (Å²) in [6.07, 6.45) is -4.73. The van der Waals surface area contributed by atoms with Crippen LogP contribution in [0, 0.1) is 0 Å². The van der Waals surface area contributed by atoms with Crippen LogP contribution in [0.4, 0.5) is 23.5 Å². The fourth-order valence-corrected chi connectivity index (χ4v) is 2.80. The first-order valence-corrected chi connectivity index (χ1v) is 8.72. The van der Waals surface area contributed by atoms with Crippen LogP contribution in [0.5, 0.6) is 0 Å². The monoisotopic (exact) mass is 430 g/mol. The second kappa shape index (κ2) is 8.60. The van der Waals surface area contributed by atoms with Gasteiger partial charge in [0.15, 0.2) is 0 Å². The van der Waals surface area contributed by atoms with Gasteiger partial charge in [-0.05, 0) is 30.7 Å². The molecule has 1 amide bonds. The Balaban J connectivity index is 1.71. The van der Waals surface area contributed by atoms with Crippen LogP contribution in [0.3, 0.4) is 0 Å². The van der Waals surface area contributed by atoms with Gasteiger partial charge in [-0.3, -0.25) is 14.8 Å². The van der Waals surface area contributed by atoms with Crippen LogP contribution in [0.15, 0.2) is 36.7 Å². The SMILES string of the molecule is CC(C(=O)Nc1ncn(Cc2cccc(Cl)c2)n1)n1nc(C(F)F)cc1C(F)F. The summed E-state index contributed by atoms with van der Waals surface area (Å²) in [6, 6.07) is 6.37. The van der Waals surface area contributed by atoms with E-state index in [0.717, 1.165) is 5.56 Å². The molecule has 0 spiro atoms. The molecule has 3 rings (SSSR count). The van der Waals surface area contributed by atoms with Gasteiger partial charge in [0, 0.05) is 5.02 Å². The average molecular weight is 431 g/mol. The van der Waals surface area contributed by atoms with Crippen molar-refractivity contribution in [3.63, 3.8) is 0 Å². The van der Waals surface area contributed by atoms with Crippen LogP contribution in [0.25, 0.3) is 0 Å². The highest BCUT2D eigenvalue weighted by molar-refractivity contribution is 6.30. The first-order valence-electron chi connectivity index (χ1n) is 8.35. The van der Waals surface area contributed by atoms with Gasteiger partial charge in [-0.15, -0.1) is 5.10 Å².